The first kappa shape index (κ1) is 14.7. The molecule has 1 aromatic carbocycles. The van der Waals surface area contributed by atoms with Crippen molar-refractivity contribution < 1.29 is 18.7 Å². The van der Waals surface area contributed by atoms with Crippen LogP contribution in [0.2, 0.25) is 0 Å². The van der Waals surface area contributed by atoms with Crippen molar-refractivity contribution in [3.8, 4) is 0 Å². The van der Waals surface area contributed by atoms with Gasteiger partial charge in [-0.25, -0.2) is 8.78 Å². The van der Waals surface area contributed by atoms with Crippen molar-refractivity contribution in [2.75, 3.05) is 12.3 Å². The first-order chi connectivity index (χ1) is 9.54. The summed E-state index contributed by atoms with van der Waals surface area (Å²) in [4.78, 5) is 12.0. The number of nitrogen functional groups attached to an aromatic ring is 1. The average Bonchev–Trinajstić information content (AvgIpc) is 2.44. The van der Waals surface area contributed by atoms with E-state index in [4.69, 9.17) is 5.73 Å². The molecule has 0 saturated heterocycles. The maximum absolute atomic E-state index is 13.8. The van der Waals surface area contributed by atoms with Crippen LogP contribution in [0.3, 0.4) is 0 Å². The summed E-state index contributed by atoms with van der Waals surface area (Å²) in [7, 11) is 0. The number of anilines is 1. The SMILES string of the molecule is Nc1ccc(F)c(C(=O)NC2CCCCC2CO)c1F. The summed E-state index contributed by atoms with van der Waals surface area (Å²) in [6.45, 7) is -0.0488. The number of halogens is 2. The lowest BCUT2D eigenvalue weighted by Crippen LogP contribution is -2.44. The zero-order valence-electron chi connectivity index (χ0n) is 11.0. The predicted molar refractivity (Wildman–Crippen MR) is 71.1 cm³/mol. The first-order valence-electron chi connectivity index (χ1n) is 6.69. The van der Waals surface area contributed by atoms with Crippen molar-refractivity contribution in [3.63, 3.8) is 0 Å². The van der Waals surface area contributed by atoms with Gasteiger partial charge in [-0.3, -0.25) is 4.79 Å². The average molecular weight is 284 g/mol. The standard InChI is InChI=1S/C14H18F2N2O2/c15-9-5-6-10(17)13(16)12(9)14(20)18-11-4-2-1-3-8(11)7-19/h5-6,8,11,19H,1-4,7,17H2,(H,18,20). The number of aliphatic hydroxyl groups excluding tert-OH is 1. The highest BCUT2D eigenvalue weighted by Crippen LogP contribution is 2.25. The van der Waals surface area contributed by atoms with Gasteiger partial charge in [0.05, 0.1) is 5.69 Å². The Kier molecular flexibility index (Phi) is 4.54. The Morgan fingerprint density at radius 3 is 2.75 bits per heavy atom. The molecule has 1 amide bonds. The predicted octanol–water partition coefficient (Wildman–Crippen LogP) is 1.83. The minimum atomic E-state index is -1.04. The monoisotopic (exact) mass is 284 g/mol. The Balaban J connectivity index is 2.18. The maximum Gasteiger partial charge on any atom is 0.257 e. The summed E-state index contributed by atoms with van der Waals surface area (Å²) in [5, 5.41) is 11.9. The van der Waals surface area contributed by atoms with Crippen LogP contribution in [0.25, 0.3) is 0 Å². The zero-order valence-corrected chi connectivity index (χ0v) is 11.0. The molecule has 2 atom stereocenters. The van der Waals surface area contributed by atoms with Crippen LogP contribution in [0, 0.1) is 17.6 Å². The van der Waals surface area contributed by atoms with Gasteiger partial charge in [0.25, 0.3) is 5.91 Å². The molecule has 0 spiro atoms. The van der Waals surface area contributed by atoms with E-state index in [1.807, 2.05) is 0 Å². The molecule has 0 aliphatic heterocycles. The van der Waals surface area contributed by atoms with Gasteiger partial charge in [0.1, 0.15) is 11.4 Å². The lowest BCUT2D eigenvalue weighted by molar-refractivity contribution is 0.0864. The lowest BCUT2D eigenvalue weighted by Gasteiger charge is -2.30. The number of nitrogens with two attached hydrogens (primary N) is 1. The largest absolute Gasteiger partial charge is 0.396 e. The summed E-state index contributed by atoms with van der Waals surface area (Å²) < 4.78 is 27.4. The number of rotatable bonds is 3. The summed E-state index contributed by atoms with van der Waals surface area (Å²) in [6.07, 6.45) is 3.40. The third kappa shape index (κ3) is 2.90. The van der Waals surface area contributed by atoms with Gasteiger partial charge in [0.2, 0.25) is 0 Å². The van der Waals surface area contributed by atoms with Crippen molar-refractivity contribution >= 4 is 11.6 Å². The quantitative estimate of drug-likeness (QED) is 0.741. The van der Waals surface area contributed by atoms with Gasteiger partial charge in [0.15, 0.2) is 5.82 Å². The Morgan fingerprint density at radius 2 is 2.05 bits per heavy atom. The molecule has 4 N–H and O–H groups in total. The normalized spacial score (nSPS) is 22.6. The van der Waals surface area contributed by atoms with Gasteiger partial charge < -0.3 is 16.2 Å². The molecule has 1 aliphatic rings. The van der Waals surface area contributed by atoms with Crippen molar-refractivity contribution in [1.29, 1.82) is 0 Å². The fourth-order valence-corrected chi connectivity index (χ4v) is 2.63. The molecule has 1 aromatic rings. The molecular formula is C14H18F2N2O2. The van der Waals surface area contributed by atoms with Gasteiger partial charge in [-0.05, 0) is 25.0 Å². The third-order valence-corrected chi connectivity index (χ3v) is 3.81. The maximum atomic E-state index is 13.8. The topological polar surface area (TPSA) is 75.4 Å². The number of benzene rings is 1. The van der Waals surface area contributed by atoms with Crippen molar-refractivity contribution in [2.24, 2.45) is 5.92 Å². The summed E-state index contributed by atoms with van der Waals surface area (Å²) in [6, 6.07) is 1.79. The number of aliphatic hydroxyl groups is 1. The molecule has 20 heavy (non-hydrogen) atoms. The molecule has 0 bridgehead atoms. The van der Waals surface area contributed by atoms with E-state index in [9.17, 15) is 18.7 Å². The van der Waals surface area contributed by atoms with Gasteiger partial charge >= 0.3 is 0 Å². The summed E-state index contributed by atoms with van der Waals surface area (Å²) in [5.74, 6) is -2.87. The van der Waals surface area contributed by atoms with Crippen LogP contribution in [0.4, 0.5) is 14.5 Å². The third-order valence-electron chi connectivity index (χ3n) is 3.81. The van der Waals surface area contributed by atoms with E-state index >= 15 is 0 Å². The number of hydrogen-bond acceptors (Lipinski definition) is 3. The molecule has 1 fully saturated rings. The Hall–Kier alpha value is -1.69. The van der Waals surface area contributed by atoms with Gasteiger partial charge in [-0.15, -0.1) is 0 Å². The summed E-state index contributed by atoms with van der Waals surface area (Å²) in [5.41, 5.74) is 4.43. The van der Waals surface area contributed by atoms with Crippen LogP contribution in [0.1, 0.15) is 36.0 Å². The van der Waals surface area contributed by atoms with E-state index in [2.05, 4.69) is 5.32 Å². The number of carbonyl (C=O) groups excluding carboxylic acids is 1. The molecule has 4 nitrogen and oxygen atoms in total. The number of carbonyl (C=O) groups is 1. The van der Waals surface area contributed by atoms with E-state index in [1.54, 1.807) is 0 Å². The highest BCUT2D eigenvalue weighted by atomic mass is 19.1. The summed E-state index contributed by atoms with van der Waals surface area (Å²) >= 11 is 0. The Bertz CT molecular complexity index is 508. The van der Waals surface area contributed by atoms with E-state index in [1.165, 1.54) is 0 Å². The van der Waals surface area contributed by atoms with E-state index in [0.717, 1.165) is 31.4 Å². The van der Waals surface area contributed by atoms with Gasteiger partial charge in [0, 0.05) is 18.6 Å². The fraction of sp³-hybridized carbons (Fsp3) is 0.500. The number of nitrogens with one attached hydrogen (secondary N) is 1. The van der Waals surface area contributed by atoms with Crippen molar-refractivity contribution in [3.05, 3.63) is 29.3 Å². The molecule has 0 radical (unpaired) electrons. The molecule has 6 heteroatoms. The highest BCUT2D eigenvalue weighted by Gasteiger charge is 2.28. The van der Waals surface area contributed by atoms with E-state index in [-0.39, 0.29) is 24.3 Å². The molecular weight excluding hydrogens is 266 g/mol. The van der Waals surface area contributed by atoms with Gasteiger partial charge in [-0.2, -0.15) is 0 Å². The Morgan fingerprint density at radius 1 is 1.35 bits per heavy atom. The Labute approximate surface area is 116 Å². The fourth-order valence-electron chi connectivity index (χ4n) is 2.63. The van der Waals surface area contributed by atoms with Crippen LogP contribution in [-0.4, -0.2) is 23.7 Å². The smallest absolute Gasteiger partial charge is 0.257 e. The van der Waals surface area contributed by atoms with Crippen molar-refractivity contribution in [1.82, 2.24) is 5.32 Å². The molecule has 2 unspecified atom stereocenters. The molecule has 1 aliphatic carbocycles. The first-order valence-corrected chi connectivity index (χ1v) is 6.69. The van der Waals surface area contributed by atoms with Crippen LogP contribution in [0.5, 0.6) is 0 Å². The molecule has 2 rings (SSSR count). The van der Waals surface area contributed by atoms with E-state index < -0.39 is 23.1 Å². The van der Waals surface area contributed by atoms with Crippen LogP contribution >= 0.6 is 0 Å². The molecule has 110 valence electrons. The van der Waals surface area contributed by atoms with Crippen molar-refractivity contribution in [2.45, 2.75) is 31.7 Å². The number of amides is 1. The molecule has 1 saturated carbocycles. The van der Waals surface area contributed by atoms with Crippen LogP contribution in [0.15, 0.2) is 12.1 Å². The second-order valence-corrected chi connectivity index (χ2v) is 5.13. The van der Waals surface area contributed by atoms with Crippen LogP contribution < -0.4 is 11.1 Å². The highest BCUT2D eigenvalue weighted by molar-refractivity contribution is 5.95. The minimum absolute atomic E-state index is 0.0488. The van der Waals surface area contributed by atoms with E-state index in [0.29, 0.717) is 6.42 Å². The molecule has 0 aromatic heterocycles. The zero-order chi connectivity index (χ0) is 14.7. The van der Waals surface area contributed by atoms with Gasteiger partial charge in [-0.1, -0.05) is 12.8 Å². The van der Waals surface area contributed by atoms with Crippen LogP contribution in [-0.2, 0) is 0 Å². The second-order valence-electron chi connectivity index (χ2n) is 5.13. The number of hydrogen-bond donors (Lipinski definition) is 3. The molecule has 0 heterocycles. The lowest BCUT2D eigenvalue weighted by atomic mass is 9.85. The second kappa shape index (κ2) is 6.17. The minimum Gasteiger partial charge on any atom is -0.396 e.